The van der Waals surface area contributed by atoms with Crippen molar-refractivity contribution in [3.8, 4) is 0 Å². The standard InChI is InChI=1S/C18H27NO2/c1-3-19-17(18(2)10-6-11-21-18)13-16-15-8-5-4-7-14(15)9-12-20-16/h4-5,7-8,16-17,19H,3,6,9-13H2,1-2H3. The summed E-state index contributed by atoms with van der Waals surface area (Å²) in [6.07, 6.45) is 4.52. The quantitative estimate of drug-likeness (QED) is 0.902. The third kappa shape index (κ3) is 3.15. The smallest absolute Gasteiger partial charge is 0.0843 e. The van der Waals surface area contributed by atoms with Crippen LogP contribution in [0.3, 0.4) is 0 Å². The highest BCUT2D eigenvalue weighted by Gasteiger charge is 2.40. The summed E-state index contributed by atoms with van der Waals surface area (Å²) in [7, 11) is 0. The zero-order valence-electron chi connectivity index (χ0n) is 13.2. The second kappa shape index (κ2) is 6.47. The van der Waals surface area contributed by atoms with Crippen molar-refractivity contribution in [2.45, 2.75) is 57.3 Å². The van der Waals surface area contributed by atoms with Gasteiger partial charge in [-0.15, -0.1) is 0 Å². The van der Waals surface area contributed by atoms with Gasteiger partial charge >= 0.3 is 0 Å². The first-order valence-corrected chi connectivity index (χ1v) is 8.29. The van der Waals surface area contributed by atoms with Crippen LogP contribution in [0.5, 0.6) is 0 Å². The van der Waals surface area contributed by atoms with Crippen molar-refractivity contribution in [1.82, 2.24) is 5.32 Å². The molecule has 1 N–H and O–H groups in total. The predicted molar refractivity (Wildman–Crippen MR) is 84.5 cm³/mol. The summed E-state index contributed by atoms with van der Waals surface area (Å²) >= 11 is 0. The van der Waals surface area contributed by atoms with Crippen LogP contribution in [0.15, 0.2) is 24.3 Å². The van der Waals surface area contributed by atoms with Gasteiger partial charge in [0, 0.05) is 12.6 Å². The number of benzene rings is 1. The molecule has 1 aromatic carbocycles. The second-order valence-electron chi connectivity index (χ2n) is 6.42. The molecule has 2 aliphatic rings. The van der Waals surface area contributed by atoms with Gasteiger partial charge in [-0.1, -0.05) is 31.2 Å². The Morgan fingerprint density at radius 3 is 2.95 bits per heavy atom. The number of nitrogens with one attached hydrogen (secondary N) is 1. The molecule has 0 radical (unpaired) electrons. The Morgan fingerprint density at radius 2 is 2.19 bits per heavy atom. The lowest BCUT2D eigenvalue weighted by Crippen LogP contribution is -2.49. The van der Waals surface area contributed by atoms with Crippen LogP contribution in [-0.4, -0.2) is 31.4 Å². The van der Waals surface area contributed by atoms with E-state index in [1.54, 1.807) is 0 Å². The van der Waals surface area contributed by atoms with Gasteiger partial charge in [-0.3, -0.25) is 0 Å². The molecule has 0 spiro atoms. The van der Waals surface area contributed by atoms with Crippen LogP contribution in [0, 0.1) is 0 Å². The lowest BCUT2D eigenvalue weighted by molar-refractivity contribution is -0.0402. The van der Waals surface area contributed by atoms with Gasteiger partial charge in [0.1, 0.15) is 0 Å². The Labute approximate surface area is 128 Å². The summed E-state index contributed by atoms with van der Waals surface area (Å²) in [4.78, 5) is 0. The van der Waals surface area contributed by atoms with Gasteiger partial charge in [0.25, 0.3) is 0 Å². The maximum Gasteiger partial charge on any atom is 0.0843 e. The molecule has 3 nitrogen and oxygen atoms in total. The summed E-state index contributed by atoms with van der Waals surface area (Å²) in [6, 6.07) is 9.06. The molecule has 0 amide bonds. The van der Waals surface area contributed by atoms with Crippen molar-refractivity contribution in [1.29, 1.82) is 0 Å². The second-order valence-corrected chi connectivity index (χ2v) is 6.42. The summed E-state index contributed by atoms with van der Waals surface area (Å²) < 4.78 is 12.2. The first-order valence-electron chi connectivity index (χ1n) is 8.29. The number of rotatable bonds is 5. The minimum Gasteiger partial charge on any atom is -0.374 e. The van der Waals surface area contributed by atoms with E-state index in [-0.39, 0.29) is 11.7 Å². The first-order chi connectivity index (χ1) is 10.2. The largest absolute Gasteiger partial charge is 0.374 e. The minimum atomic E-state index is -0.0498. The van der Waals surface area contributed by atoms with Crippen molar-refractivity contribution >= 4 is 0 Å². The molecule has 116 valence electrons. The molecule has 0 aliphatic carbocycles. The zero-order chi connectivity index (χ0) is 14.7. The number of likely N-dealkylation sites (N-methyl/N-ethyl adjacent to an activating group) is 1. The summed E-state index contributed by atoms with van der Waals surface area (Å²) in [5.74, 6) is 0. The zero-order valence-corrected chi connectivity index (χ0v) is 13.2. The molecular formula is C18H27NO2. The lowest BCUT2D eigenvalue weighted by atomic mass is 9.85. The molecule has 2 aliphatic heterocycles. The molecule has 3 atom stereocenters. The normalized spacial score (nSPS) is 30.1. The maximum absolute atomic E-state index is 6.09. The fraction of sp³-hybridized carbons (Fsp3) is 0.667. The van der Waals surface area contributed by atoms with E-state index in [9.17, 15) is 0 Å². The van der Waals surface area contributed by atoms with Crippen molar-refractivity contribution in [2.24, 2.45) is 0 Å². The molecule has 1 saturated heterocycles. The van der Waals surface area contributed by atoms with E-state index in [4.69, 9.17) is 9.47 Å². The van der Waals surface area contributed by atoms with Gasteiger partial charge in [0.2, 0.25) is 0 Å². The molecule has 3 rings (SSSR count). The van der Waals surface area contributed by atoms with E-state index < -0.39 is 0 Å². The highest BCUT2D eigenvalue weighted by molar-refractivity contribution is 5.31. The van der Waals surface area contributed by atoms with Crippen LogP contribution in [0.2, 0.25) is 0 Å². The lowest BCUT2D eigenvalue weighted by Gasteiger charge is -2.37. The number of hydrogen-bond acceptors (Lipinski definition) is 3. The van der Waals surface area contributed by atoms with Gasteiger partial charge < -0.3 is 14.8 Å². The van der Waals surface area contributed by atoms with Crippen LogP contribution >= 0.6 is 0 Å². The fourth-order valence-corrected chi connectivity index (χ4v) is 3.76. The molecule has 0 aromatic heterocycles. The summed E-state index contributed by atoms with van der Waals surface area (Å²) in [6.45, 7) is 7.11. The molecule has 3 unspecified atom stereocenters. The molecular weight excluding hydrogens is 262 g/mol. The van der Waals surface area contributed by atoms with Gasteiger partial charge in [-0.05, 0) is 50.3 Å². The molecule has 21 heavy (non-hydrogen) atoms. The monoisotopic (exact) mass is 289 g/mol. The molecule has 0 saturated carbocycles. The number of fused-ring (bicyclic) bond motifs is 1. The molecule has 2 heterocycles. The van der Waals surface area contributed by atoms with Crippen LogP contribution in [-0.2, 0) is 15.9 Å². The Bertz CT molecular complexity index is 468. The maximum atomic E-state index is 6.09. The van der Waals surface area contributed by atoms with E-state index >= 15 is 0 Å². The topological polar surface area (TPSA) is 30.5 Å². The van der Waals surface area contributed by atoms with E-state index in [0.29, 0.717) is 6.04 Å². The summed E-state index contributed by atoms with van der Waals surface area (Å²) in [5.41, 5.74) is 2.76. The molecule has 0 bridgehead atoms. The van der Waals surface area contributed by atoms with Crippen LogP contribution < -0.4 is 5.32 Å². The van der Waals surface area contributed by atoms with Gasteiger partial charge in [-0.25, -0.2) is 0 Å². The fourth-order valence-electron chi connectivity index (χ4n) is 3.76. The SMILES string of the molecule is CCNC(CC1OCCc2ccccc21)C1(C)CCCO1. The van der Waals surface area contributed by atoms with E-state index in [1.807, 2.05) is 0 Å². The first kappa shape index (κ1) is 15.0. The Hall–Kier alpha value is -0.900. The van der Waals surface area contributed by atoms with Crippen LogP contribution in [0.25, 0.3) is 0 Å². The highest BCUT2D eigenvalue weighted by atomic mass is 16.5. The van der Waals surface area contributed by atoms with Crippen molar-refractivity contribution < 1.29 is 9.47 Å². The third-order valence-corrected chi connectivity index (χ3v) is 4.98. The van der Waals surface area contributed by atoms with E-state index in [1.165, 1.54) is 17.5 Å². The Kier molecular flexibility index (Phi) is 4.63. The van der Waals surface area contributed by atoms with Crippen molar-refractivity contribution in [2.75, 3.05) is 19.8 Å². The molecule has 1 fully saturated rings. The predicted octanol–water partition coefficient (Wildman–Crippen LogP) is 3.24. The number of ether oxygens (including phenoxy) is 2. The molecule has 1 aromatic rings. The number of hydrogen-bond donors (Lipinski definition) is 1. The summed E-state index contributed by atoms with van der Waals surface area (Å²) in [5, 5.41) is 3.64. The van der Waals surface area contributed by atoms with E-state index in [2.05, 4.69) is 43.4 Å². The van der Waals surface area contributed by atoms with Crippen molar-refractivity contribution in [3.05, 3.63) is 35.4 Å². The van der Waals surface area contributed by atoms with Gasteiger partial charge in [0.15, 0.2) is 0 Å². The Balaban J connectivity index is 1.77. The highest BCUT2D eigenvalue weighted by Crippen LogP contribution is 2.36. The van der Waals surface area contributed by atoms with Crippen LogP contribution in [0.4, 0.5) is 0 Å². The molecule has 3 heteroatoms. The van der Waals surface area contributed by atoms with Gasteiger partial charge in [-0.2, -0.15) is 0 Å². The van der Waals surface area contributed by atoms with Crippen molar-refractivity contribution in [3.63, 3.8) is 0 Å². The van der Waals surface area contributed by atoms with E-state index in [0.717, 1.165) is 39.0 Å². The van der Waals surface area contributed by atoms with Crippen LogP contribution in [0.1, 0.15) is 50.3 Å². The average Bonchev–Trinajstić information content (AvgIpc) is 2.95. The minimum absolute atomic E-state index is 0.0498. The average molecular weight is 289 g/mol. The third-order valence-electron chi connectivity index (χ3n) is 4.98. The van der Waals surface area contributed by atoms with Gasteiger partial charge in [0.05, 0.1) is 18.3 Å². The Morgan fingerprint density at radius 1 is 1.33 bits per heavy atom.